The third-order valence-corrected chi connectivity index (χ3v) is 14.2. The number of likely N-dealkylation sites (N-methyl/N-ethyl adjacent to an activating group) is 4. The predicted octanol–water partition coefficient (Wildman–Crippen LogP) is 6.15. The normalized spacial score (nSPS) is 23.2. The number of hydrogen-bond acceptors (Lipinski definition) is 14. The average molecular weight is 1110 g/mol. The van der Waals surface area contributed by atoms with Gasteiger partial charge in [-0.1, -0.05) is 104 Å². The molecule has 3 heterocycles. The van der Waals surface area contributed by atoms with Crippen LogP contribution in [-0.4, -0.2) is 163 Å². The van der Waals surface area contributed by atoms with E-state index in [4.69, 9.17) is 18.9 Å². The molecule has 8 atom stereocenters. The lowest BCUT2D eigenvalue weighted by molar-refractivity contribution is -0.176. The summed E-state index contributed by atoms with van der Waals surface area (Å²) in [4.78, 5) is 130. The summed E-state index contributed by atoms with van der Waals surface area (Å²) in [6.45, 7) is 18.5. The molecule has 0 bridgehead atoms. The molecule has 0 radical (unpaired) electrons. The molecule has 5 rings (SSSR count). The second kappa shape index (κ2) is 29.2. The Morgan fingerprint density at radius 1 is 0.425 bits per heavy atom. The van der Waals surface area contributed by atoms with Gasteiger partial charge in [0.15, 0.2) is 24.4 Å². The molecule has 2 aromatic heterocycles. The quantitative estimate of drug-likeness (QED) is 0.0907. The zero-order chi connectivity index (χ0) is 59.1. The lowest BCUT2D eigenvalue weighted by atomic mass is 9.99. The highest BCUT2D eigenvalue weighted by molar-refractivity contribution is 5.94. The summed E-state index contributed by atoms with van der Waals surface area (Å²) >= 11 is 0. The summed E-state index contributed by atoms with van der Waals surface area (Å²) in [7, 11) is 5.58. The standard InChI is InChI=1S/C60H84N8O12/c1-37(2)26-47-57(73)77-42(10)54(70)64(12)50(29-40(7)8)60(76)80-52(32-45-16-15-17-46(30-45)34-68-25-23-62-36-68)56(72)66(14)48(27-38(3)4)58(74)78-41(9)53(69)63(11)49(28-39(5)6)59(75)79-51(55(71)65(47)13)31-43-18-20-44(21-19-43)33-67-24-22-61-35-67/h15-25,30,35-42,47-52H,26-29,31-34H2,1-14H3/t41-,42-,47+,48+,49+,50+,51-,52-/m1/s1. The van der Waals surface area contributed by atoms with Gasteiger partial charge in [-0.05, 0) is 85.5 Å². The minimum absolute atomic E-state index is 0.0836. The van der Waals surface area contributed by atoms with E-state index < -0.39 is 96.1 Å². The van der Waals surface area contributed by atoms with Gasteiger partial charge in [0.05, 0.1) is 12.7 Å². The van der Waals surface area contributed by atoms with Gasteiger partial charge in [-0.25, -0.2) is 29.1 Å². The third kappa shape index (κ3) is 17.8. The first-order valence-corrected chi connectivity index (χ1v) is 27.7. The number of rotatable bonds is 16. The second-order valence-corrected chi connectivity index (χ2v) is 22.9. The van der Waals surface area contributed by atoms with Crippen LogP contribution in [0.4, 0.5) is 0 Å². The maximum Gasteiger partial charge on any atom is 0.329 e. The largest absolute Gasteiger partial charge is 0.451 e. The van der Waals surface area contributed by atoms with Crippen LogP contribution in [-0.2, 0) is 83.2 Å². The number of ether oxygens (including phenoxy) is 4. The lowest BCUT2D eigenvalue weighted by Gasteiger charge is -2.35. The molecular weight excluding hydrogens is 1020 g/mol. The number of amides is 4. The van der Waals surface area contributed by atoms with Gasteiger partial charge in [0, 0.05) is 78.9 Å². The van der Waals surface area contributed by atoms with E-state index in [-0.39, 0.29) is 62.2 Å². The van der Waals surface area contributed by atoms with Crippen molar-refractivity contribution in [1.29, 1.82) is 0 Å². The van der Waals surface area contributed by atoms with E-state index in [0.29, 0.717) is 24.2 Å². The van der Waals surface area contributed by atoms with Gasteiger partial charge in [-0.15, -0.1) is 0 Å². The van der Waals surface area contributed by atoms with Crippen molar-refractivity contribution < 1.29 is 57.3 Å². The first kappa shape index (κ1) is 63.5. The Hall–Kier alpha value is -7.38. The second-order valence-electron chi connectivity index (χ2n) is 22.9. The Balaban J connectivity index is 1.60. The van der Waals surface area contributed by atoms with E-state index in [2.05, 4.69) is 9.97 Å². The Morgan fingerprint density at radius 2 is 0.750 bits per heavy atom. The van der Waals surface area contributed by atoms with Gasteiger partial charge >= 0.3 is 23.9 Å². The Morgan fingerprint density at radius 3 is 1.11 bits per heavy atom. The van der Waals surface area contributed by atoms with Gasteiger partial charge in [0.25, 0.3) is 23.6 Å². The van der Waals surface area contributed by atoms with Crippen molar-refractivity contribution in [2.45, 2.75) is 169 Å². The Bertz CT molecular complexity index is 2690. The summed E-state index contributed by atoms with van der Waals surface area (Å²) in [5.41, 5.74) is 3.06. The number of esters is 4. The fourth-order valence-electron chi connectivity index (χ4n) is 9.73. The first-order valence-electron chi connectivity index (χ1n) is 27.7. The lowest BCUT2D eigenvalue weighted by Crippen LogP contribution is -2.55. The number of aromatic nitrogens is 4. The van der Waals surface area contributed by atoms with Crippen molar-refractivity contribution in [2.24, 2.45) is 23.7 Å². The number of cyclic esters (lactones) is 4. The molecule has 0 unspecified atom stereocenters. The van der Waals surface area contributed by atoms with Crippen LogP contribution in [0.15, 0.2) is 86.0 Å². The summed E-state index contributed by atoms with van der Waals surface area (Å²) in [5.74, 6) is -7.40. The van der Waals surface area contributed by atoms with Crippen molar-refractivity contribution in [3.05, 3.63) is 108 Å². The van der Waals surface area contributed by atoms with Gasteiger partial charge in [-0.3, -0.25) is 19.2 Å². The van der Waals surface area contributed by atoms with Crippen LogP contribution in [0.3, 0.4) is 0 Å². The maximum atomic E-state index is 15.0. The zero-order valence-electron chi connectivity index (χ0n) is 49.1. The maximum absolute atomic E-state index is 15.0. The van der Waals surface area contributed by atoms with E-state index in [1.54, 1.807) is 31.1 Å². The topological polar surface area (TPSA) is 222 Å². The highest BCUT2D eigenvalue weighted by Crippen LogP contribution is 2.25. The number of nitrogens with zero attached hydrogens (tertiary/aromatic N) is 8. The molecule has 1 saturated heterocycles. The Labute approximate surface area is 471 Å². The van der Waals surface area contributed by atoms with E-state index in [0.717, 1.165) is 30.7 Å². The van der Waals surface area contributed by atoms with Gasteiger partial charge in [0.1, 0.15) is 24.2 Å². The van der Waals surface area contributed by atoms with Gasteiger partial charge in [0.2, 0.25) is 0 Å². The molecule has 20 nitrogen and oxygen atoms in total. The third-order valence-electron chi connectivity index (χ3n) is 14.2. The molecule has 0 N–H and O–H groups in total. The highest BCUT2D eigenvalue weighted by Gasteiger charge is 2.43. The Kier molecular flexibility index (Phi) is 23.2. The number of carbonyl (C=O) groups excluding carboxylic acids is 8. The molecule has 1 aliphatic rings. The van der Waals surface area contributed by atoms with Crippen molar-refractivity contribution in [3.63, 3.8) is 0 Å². The summed E-state index contributed by atoms with van der Waals surface area (Å²) < 4.78 is 28.0. The fourth-order valence-corrected chi connectivity index (χ4v) is 9.73. The van der Waals surface area contributed by atoms with Crippen molar-refractivity contribution in [1.82, 2.24) is 38.7 Å². The fraction of sp³-hybridized carbons (Fsp3) is 0.567. The monoisotopic (exact) mass is 1110 g/mol. The van der Waals surface area contributed by atoms with Crippen LogP contribution < -0.4 is 0 Å². The van der Waals surface area contributed by atoms with Crippen molar-refractivity contribution >= 4 is 47.5 Å². The molecule has 0 spiro atoms. The minimum atomic E-state index is -1.54. The van der Waals surface area contributed by atoms with Crippen molar-refractivity contribution in [3.8, 4) is 0 Å². The summed E-state index contributed by atoms with van der Waals surface area (Å²) in [6.07, 6.45) is 4.40. The first-order chi connectivity index (χ1) is 37.7. The SMILES string of the molecule is CC(C)C[C@H]1C(=O)O[C@H](Cc2cccc(Cn3ccnc3)c2)C(=O)N(C)[C@@H](CC(C)C)C(=O)O[C@H](C)C(=O)N(C)[C@@H](CC(C)C)C(=O)O[C@H](Cc2ccc(Cn3ccnc3)cc2)C(=O)N(C)[C@@H](CC(C)C)C(=O)O[C@H](C)C(=O)N1C. The van der Waals surface area contributed by atoms with E-state index in [1.807, 2.05) is 119 Å². The smallest absolute Gasteiger partial charge is 0.329 e. The zero-order valence-corrected chi connectivity index (χ0v) is 49.1. The summed E-state index contributed by atoms with van der Waals surface area (Å²) in [6, 6.07) is 9.63. The molecule has 1 fully saturated rings. The van der Waals surface area contributed by atoms with Gasteiger partial charge < -0.3 is 47.7 Å². The number of carbonyl (C=O) groups is 8. The van der Waals surface area contributed by atoms with Gasteiger partial charge in [-0.2, -0.15) is 0 Å². The van der Waals surface area contributed by atoms with Crippen LogP contribution >= 0.6 is 0 Å². The molecule has 80 heavy (non-hydrogen) atoms. The molecule has 436 valence electrons. The number of imidazole rings is 2. The van der Waals surface area contributed by atoms with Crippen LogP contribution in [0.25, 0.3) is 0 Å². The highest BCUT2D eigenvalue weighted by atomic mass is 16.6. The number of hydrogen-bond donors (Lipinski definition) is 0. The van der Waals surface area contributed by atoms with Crippen LogP contribution in [0, 0.1) is 23.7 Å². The average Bonchev–Trinajstić information content (AvgIpc) is 4.16. The van der Waals surface area contributed by atoms with Crippen LogP contribution in [0.5, 0.6) is 0 Å². The molecule has 0 saturated carbocycles. The molecular formula is C60H84N8O12. The molecule has 0 aliphatic carbocycles. The molecule has 4 amide bonds. The predicted molar refractivity (Wildman–Crippen MR) is 298 cm³/mol. The molecule has 2 aromatic carbocycles. The van der Waals surface area contributed by atoms with E-state index in [9.17, 15) is 33.6 Å². The number of benzene rings is 2. The summed E-state index contributed by atoms with van der Waals surface area (Å²) in [5, 5.41) is 0. The van der Waals surface area contributed by atoms with Crippen LogP contribution in [0.2, 0.25) is 0 Å². The molecule has 4 aromatic rings. The molecule has 20 heteroatoms. The van der Waals surface area contributed by atoms with Crippen molar-refractivity contribution in [2.75, 3.05) is 28.2 Å². The van der Waals surface area contributed by atoms with E-state index in [1.165, 1.54) is 42.0 Å². The minimum Gasteiger partial charge on any atom is -0.451 e. The van der Waals surface area contributed by atoms with Crippen LogP contribution in [0.1, 0.15) is 117 Å². The molecule has 1 aliphatic heterocycles. The van der Waals surface area contributed by atoms with E-state index >= 15 is 4.79 Å².